The number of methoxy groups -OCH3 is 1. The van der Waals surface area contributed by atoms with Gasteiger partial charge in [0.2, 0.25) is 17.7 Å². The van der Waals surface area contributed by atoms with Crippen molar-refractivity contribution in [1.82, 2.24) is 15.2 Å². The summed E-state index contributed by atoms with van der Waals surface area (Å²) < 4.78 is 5.19. The van der Waals surface area contributed by atoms with Crippen LogP contribution >= 0.6 is 11.3 Å². The first kappa shape index (κ1) is 24.7. The highest BCUT2D eigenvalue weighted by molar-refractivity contribution is 7.13. The zero-order valence-electron chi connectivity index (χ0n) is 19.3. The monoisotopic (exact) mass is 472 g/mol. The molecule has 1 aromatic carbocycles. The van der Waals surface area contributed by atoms with Crippen molar-refractivity contribution in [3.05, 3.63) is 40.9 Å². The molecule has 2 N–H and O–H groups in total. The minimum absolute atomic E-state index is 0.0169. The number of aryl methyl sites for hydroxylation is 1. The molecule has 1 aliphatic carbocycles. The molecule has 2 aromatic rings. The number of hydrogen-bond donors (Lipinski definition) is 2. The van der Waals surface area contributed by atoms with E-state index in [1.54, 1.807) is 7.11 Å². The molecular formula is C24H32N4O4S. The maximum absolute atomic E-state index is 13.0. The quantitative estimate of drug-likeness (QED) is 0.550. The number of aromatic nitrogens is 1. The van der Waals surface area contributed by atoms with Gasteiger partial charge in [0.25, 0.3) is 0 Å². The lowest BCUT2D eigenvalue weighted by Crippen LogP contribution is -2.44. The molecule has 9 heteroatoms. The molecule has 0 aliphatic heterocycles. The maximum atomic E-state index is 13.0. The van der Waals surface area contributed by atoms with E-state index in [0.717, 1.165) is 42.7 Å². The molecule has 0 saturated heterocycles. The summed E-state index contributed by atoms with van der Waals surface area (Å²) >= 11 is 1.35. The summed E-state index contributed by atoms with van der Waals surface area (Å²) in [6.45, 7) is 2.11. The lowest BCUT2D eigenvalue weighted by atomic mass is 9.95. The van der Waals surface area contributed by atoms with E-state index in [4.69, 9.17) is 4.74 Å². The molecule has 8 nitrogen and oxygen atoms in total. The fraction of sp³-hybridized carbons (Fsp3) is 0.500. The number of carbonyl (C=O) groups excluding carboxylic acids is 3. The number of ether oxygens (including phenoxy) is 1. The Morgan fingerprint density at radius 3 is 2.45 bits per heavy atom. The van der Waals surface area contributed by atoms with Crippen molar-refractivity contribution in [1.29, 1.82) is 0 Å². The Morgan fingerprint density at radius 1 is 1.09 bits per heavy atom. The highest BCUT2D eigenvalue weighted by atomic mass is 32.1. The van der Waals surface area contributed by atoms with E-state index >= 15 is 0 Å². The molecule has 1 heterocycles. The number of rotatable bonds is 10. The minimum atomic E-state index is -0.270. The van der Waals surface area contributed by atoms with Crippen molar-refractivity contribution < 1.29 is 19.1 Å². The molecule has 1 fully saturated rings. The molecule has 0 spiro atoms. The largest absolute Gasteiger partial charge is 0.497 e. The van der Waals surface area contributed by atoms with E-state index in [9.17, 15) is 14.4 Å². The third-order valence-corrected chi connectivity index (χ3v) is 6.50. The number of nitrogens with one attached hydrogen (secondary N) is 2. The van der Waals surface area contributed by atoms with Crippen LogP contribution in [0.15, 0.2) is 29.6 Å². The van der Waals surface area contributed by atoms with Crippen LogP contribution in [0.5, 0.6) is 5.75 Å². The molecule has 0 atom stereocenters. The fourth-order valence-corrected chi connectivity index (χ4v) is 4.55. The number of amides is 3. The number of benzene rings is 1. The minimum Gasteiger partial charge on any atom is -0.497 e. The van der Waals surface area contributed by atoms with Crippen molar-refractivity contribution in [3.63, 3.8) is 0 Å². The van der Waals surface area contributed by atoms with Crippen molar-refractivity contribution in [2.24, 2.45) is 0 Å². The van der Waals surface area contributed by atoms with E-state index in [0.29, 0.717) is 5.13 Å². The summed E-state index contributed by atoms with van der Waals surface area (Å²) in [4.78, 5) is 43.6. The second kappa shape index (κ2) is 12.3. The Bertz CT molecular complexity index is 938. The summed E-state index contributed by atoms with van der Waals surface area (Å²) in [6, 6.07) is 7.56. The SMILES string of the molecule is COc1ccc(CN(CC(=O)NC2CCCCC2)C(=O)CCC(=O)Nc2nc(C)cs2)cc1. The average Bonchev–Trinajstić information content (AvgIpc) is 3.22. The van der Waals surface area contributed by atoms with Crippen LogP contribution in [0.2, 0.25) is 0 Å². The number of carbonyl (C=O) groups is 3. The highest BCUT2D eigenvalue weighted by Gasteiger charge is 2.22. The first-order chi connectivity index (χ1) is 15.9. The zero-order valence-corrected chi connectivity index (χ0v) is 20.1. The van der Waals surface area contributed by atoms with Gasteiger partial charge in [0.05, 0.1) is 19.3 Å². The molecule has 33 heavy (non-hydrogen) atoms. The molecule has 3 rings (SSSR count). The molecule has 1 aromatic heterocycles. The van der Waals surface area contributed by atoms with E-state index in [1.807, 2.05) is 36.6 Å². The maximum Gasteiger partial charge on any atom is 0.239 e. The van der Waals surface area contributed by atoms with Crippen LogP contribution < -0.4 is 15.4 Å². The smallest absolute Gasteiger partial charge is 0.239 e. The van der Waals surface area contributed by atoms with Gasteiger partial charge >= 0.3 is 0 Å². The lowest BCUT2D eigenvalue weighted by Gasteiger charge is -2.26. The predicted molar refractivity (Wildman–Crippen MR) is 128 cm³/mol. The van der Waals surface area contributed by atoms with Crippen LogP contribution in [0.1, 0.15) is 56.2 Å². The molecular weight excluding hydrogens is 440 g/mol. The Kier molecular flexibility index (Phi) is 9.24. The van der Waals surface area contributed by atoms with Crippen LogP contribution in [0.25, 0.3) is 0 Å². The van der Waals surface area contributed by atoms with Crippen LogP contribution in [0.3, 0.4) is 0 Å². The summed E-state index contributed by atoms with van der Waals surface area (Å²) in [6.07, 6.45) is 5.45. The van der Waals surface area contributed by atoms with Gasteiger partial charge in [0.15, 0.2) is 5.13 Å². The fourth-order valence-electron chi connectivity index (χ4n) is 3.85. The third kappa shape index (κ3) is 8.16. The molecule has 178 valence electrons. The summed E-state index contributed by atoms with van der Waals surface area (Å²) in [5.74, 6) is 0.0519. The number of nitrogens with zero attached hydrogens (tertiary/aromatic N) is 2. The van der Waals surface area contributed by atoms with Gasteiger partial charge in [-0.25, -0.2) is 4.98 Å². The first-order valence-electron chi connectivity index (χ1n) is 11.3. The lowest BCUT2D eigenvalue weighted by molar-refractivity contribution is -0.137. The van der Waals surface area contributed by atoms with Gasteiger partial charge in [0, 0.05) is 30.8 Å². The molecule has 0 bridgehead atoms. The topological polar surface area (TPSA) is 101 Å². The van der Waals surface area contributed by atoms with Gasteiger partial charge in [-0.15, -0.1) is 11.3 Å². The molecule has 1 aliphatic rings. The zero-order chi connectivity index (χ0) is 23.6. The average molecular weight is 473 g/mol. The van der Waals surface area contributed by atoms with Gasteiger partial charge in [-0.2, -0.15) is 0 Å². The highest BCUT2D eigenvalue weighted by Crippen LogP contribution is 2.18. The van der Waals surface area contributed by atoms with Crippen LogP contribution in [0.4, 0.5) is 5.13 Å². The van der Waals surface area contributed by atoms with Crippen molar-refractivity contribution in [2.45, 2.75) is 64.5 Å². The summed E-state index contributed by atoms with van der Waals surface area (Å²) in [7, 11) is 1.60. The standard InChI is InChI=1S/C24H32N4O4S/c1-17-16-33-24(25-17)27-21(29)12-13-23(31)28(14-18-8-10-20(32-2)11-9-18)15-22(30)26-19-6-4-3-5-7-19/h8-11,16,19H,3-7,12-15H2,1-2H3,(H,26,30)(H,25,27,29). The Balaban J connectivity index is 1.59. The van der Waals surface area contributed by atoms with Crippen molar-refractivity contribution >= 4 is 34.2 Å². The van der Waals surface area contributed by atoms with Crippen molar-refractivity contribution in [2.75, 3.05) is 19.0 Å². The Labute approximate surface area is 198 Å². The first-order valence-corrected chi connectivity index (χ1v) is 12.2. The molecule has 3 amide bonds. The number of anilines is 1. The molecule has 0 unspecified atom stereocenters. The second-order valence-corrected chi connectivity index (χ2v) is 9.20. The Morgan fingerprint density at radius 2 is 1.82 bits per heavy atom. The van der Waals surface area contributed by atoms with Gasteiger partial charge < -0.3 is 20.3 Å². The summed E-state index contributed by atoms with van der Waals surface area (Å²) in [5, 5.41) is 8.16. The van der Waals surface area contributed by atoms with Crippen LogP contribution in [0, 0.1) is 6.92 Å². The van der Waals surface area contributed by atoms with Crippen molar-refractivity contribution in [3.8, 4) is 5.75 Å². The van der Waals surface area contributed by atoms with Gasteiger partial charge in [-0.3, -0.25) is 14.4 Å². The second-order valence-electron chi connectivity index (χ2n) is 8.34. The van der Waals surface area contributed by atoms with Gasteiger partial charge in [-0.1, -0.05) is 31.4 Å². The van der Waals surface area contributed by atoms with E-state index in [-0.39, 0.29) is 49.7 Å². The van der Waals surface area contributed by atoms with Gasteiger partial charge in [-0.05, 0) is 37.5 Å². The number of hydrogen-bond acceptors (Lipinski definition) is 6. The normalized spacial score (nSPS) is 13.9. The van der Waals surface area contributed by atoms with Crippen LogP contribution in [-0.2, 0) is 20.9 Å². The van der Waals surface area contributed by atoms with Crippen LogP contribution in [-0.4, -0.2) is 47.3 Å². The number of thiazole rings is 1. The van der Waals surface area contributed by atoms with E-state index in [2.05, 4.69) is 15.6 Å². The molecule has 1 saturated carbocycles. The summed E-state index contributed by atoms with van der Waals surface area (Å²) in [5.41, 5.74) is 1.72. The predicted octanol–water partition coefficient (Wildman–Crippen LogP) is 3.66. The molecule has 0 radical (unpaired) electrons. The van der Waals surface area contributed by atoms with E-state index < -0.39 is 0 Å². The Hall–Kier alpha value is -2.94. The third-order valence-electron chi connectivity index (χ3n) is 5.62. The van der Waals surface area contributed by atoms with Gasteiger partial charge in [0.1, 0.15) is 5.75 Å². The van der Waals surface area contributed by atoms with E-state index in [1.165, 1.54) is 22.7 Å².